The number of amides is 1. The van der Waals surface area contributed by atoms with E-state index in [1.165, 1.54) is 19.4 Å². The number of nitrogens with two attached hydrogens (primary N) is 1. The summed E-state index contributed by atoms with van der Waals surface area (Å²) < 4.78 is 5.46. The predicted octanol–water partition coefficient (Wildman–Crippen LogP) is 1.81. The predicted molar refractivity (Wildman–Crippen MR) is 119 cm³/mol. The molecule has 0 aliphatic carbocycles. The molecule has 1 unspecified atom stereocenters. The van der Waals surface area contributed by atoms with Crippen LogP contribution in [0.1, 0.15) is 26.2 Å². The number of rotatable bonds is 7. The molecule has 7 nitrogen and oxygen atoms in total. The van der Waals surface area contributed by atoms with E-state index in [1.54, 1.807) is 4.90 Å². The first-order valence-electron chi connectivity index (χ1n) is 9.49. The van der Waals surface area contributed by atoms with Crippen molar-refractivity contribution in [3.63, 3.8) is 0 Å². The van der Waals surface area contributed by atoms with E-state index in [9.17, 15) is 4.79 Å². The molecule has 3 N–H and O–H groups in total. The molecule has 1 amide bonds. The summed E-state index contributed by atoms with van der Waals surface area (Å²) in [4.78, 5) is 20.8. The van der Waals surface area contributed by atoms with Gasteiger partial charge in [-0.15, -0.1) is 24.0 Å². The third-order valence-corrected chi connectivity index (χ3v) is 5.05. The molecular weight excluding hydrogens is 457 g/mol. The first-order chi connectivity index (χ1) is 12.7. The molecule has 1 atom stereocenters. The fraction of sp³-hybridized carbons (Fsp3) is 0.579. The summed E-state index contributed by atoms with van der Waals surface area (Å²) in [5, 5.41) is 3.16. The zero-order valence-corrected chi connectivity index (χ0v) is 18.2. The van der Waals surface area contributed by atoms with Gasteiger partial charge in [0.2, 0.25) is 0 Å². The number of aliphatic imine (C=N–C) groups is 1. The average molecular weight is 487 g/mol. The van der Waals surface area contributed by atoms with Crippen LogP contribution in [0.3, 0.4) is 0 Å². The number of hydrogen-bond donors (Lipinski definition) is 2. The molecule has 27 heavy (non-hydrogen) atoms. The summed E-state index contributed by atoms with van der Waals surface area (Å²) in [5.41, 5.74) is 6.82. The minimum absolute atomic E-state index is 0. The zero-order valence-electron chi connectivity index (χ0n) is 15.9. The monoisotopic (exact) mass is 487 g/mol. The van der Waals surface area contributed by atoms with Crippen LogP contribution in [0.15, 0.2) is 29.3 Å². The Morgan fingerprint density at radius 2 is 2.22 bits per heavy atom. The van der Waals surface area contributed by atoms with Gasteiger partial charge in [-0.2, -0.15) is 0 Å². The molecule has 8 heteroatoms. The Bertz CT molecular complexity index is 655. The standard InChI is InChI=1S/C19H29N5O2.HI/c1-2-23-11-5-7-15(23)13-22-19(20)21-10-6-12-24-16-8-3-4-9-17(16)26-14-18(24)25;/h3-4,8-9,15H,2,5-7,10-14H2,1H3,(H3,20,21,22);1H. The van der Waals surface area contributed by atoms with E-state index >= 15 is 0 Å². The number of hydrogen-bond acceptors (Lipinski definition) is 4. The molecule has 1 fully saturated rings. The highest BCUT2D eigenvalue weighted by molar-refractivity contribution is 14.0. The van der Waals surface area contributed by atoms with Gasteiger partial charge >= 0.3 is 0 Å². The number of para-hydroxylation sites is 2. The van der Waals surface area contributed by atoms with E-state index in [4.69, 9.17) is 10.5 Å². The number of likely N-dealkylation sites (tertiary alicyclic amines) is 1. The fourth-order valence-electron chi connectivity index (χ4n) is 3.63. The van der Waals surface area contributed by atoms with E-state index in [0.717, 1.165) is 30.9 Å². The lowest BCUT2D eigenvalue weighted by molar-refractivity contribution is -0.121. The molecule has 1 aromatic rings. The molecule has 2 aliphatic heterocycles. The lowest BCUT2D eigenvalue weighted by Crippen LogP contribution is -2.41. The van der Waals surface area contributed by atoms with E-state index in [0.29, 0.717) is 25.1 Å². The van der Waals surface area contributed by atoms with Gasteiger partial charge in [-0.25, -0.2) is 0 Å². The second-order valence-electron chi connectivity index (χ2n) is 6.73. The van der Waals surface area contributed by atoms with Crippen LogP contribution in [0.2, 0.25) is 0 Å². The summed E-state index contributed by atoms with van der Waals surface area (Å²) in [6.45, 7) is 6.59. The van der Waals surface area contributed by atoms with E-state index < -0.39 is 0 Å². The Morgan fingerprint density at radius 1 is 1.41 bits per heavy atom. The number of likely N-dealkylation sites (N-methyl/N-ethyl adjacent to an activating group) is 1. The molecule has 0 radical (unpaired) electrons. The maximum absolute atomic E-state index is 12.1. The van der Waals surface area contributed by atoms with Crippen LogP contribution >= 0.6 is 24.0 Å². The Labute approximate surface area is 178 Å². The van der Waals surface area contributed by atoms with Gasteiger partial charge in [0, 0.05) is 19.1 Å². The summed E-state index contributed by atoms with van der Waals surface area (Å²) >= 11 is 0. The largest absolute Gasteiger partial charge is 0.482 e. The number of guanidine groups is 1. The van der Waals surface area contributed by atoms with Crippen molar-refractivity contribution < 1.29 is 9.53 Å². The molecule has 3 rings (SSSR count). The summed E-state index contributed by atoms with van der Waals surface area (Å²) in [7, 11) is 0. The number of halogens is 1. The van der Waals surface area contributed by atoms with Crippen LogP contribution in [0.5, 0.6) is 5.75 Å². The molecule has 0 aromatic heterocycles. The first kappa shape index (κ1) is 21.7. The van der Waals surface area contributed by atoms with Crippen LogP contribution in [-0.2, 0) is 4.79 Å². The summed E-state index contributed by atoms with van der Waals surface area (Å²) in [6.07, 6.45) is 3.24. The minimum Gasteiger partial charge on any atom is -0.482 e. The first-order valence-corrected chi connectivity index (χ1v) is 9.49. The van der Waals surface area contributed by atoms with Crippen LogP contribution < -0.4 is 20.7 Å². The Morgan fingerprint density at radius 3 is 3.04 bits per heavy atom. The van der Waals surface area contributed by atoms with Gasteiger partial charge in [-0.1, -0.05) is 19.1 Å². The Kier molecular flexibility index (Phi) is 8.62. The van der Waals surface area contributed by atoms with E-state index in [-0.39, 0.29) is 36.5 Å². The van der Waals surface area contributed by atoms with Crippen molar-refractivity contribution in [1.29, 1.82) is 0 Å². The molecule has 2 heterocycles. The summed E-state index contributed by atoms with van der Waals surface area (Å²) in [6, 6.07) is 8.15. The molecule has 0 bridgehead atoms. The SMILES string of the molecule is CCN1CCCC1CN=C(N)NCCCN1C(=O)COc2ccccc21.I. The second kappa shape index (κ2) is 10.7. The molecule has 150 valence electrons. The number of nitrogens with zero attached hydrogens (tertiary/aromatic N) is 3. The lowest BCUT2D eigenvalue weighted by atomic mass is 10.2. The average Bonchev–Trinajstić information content (AvgIpc) is 3.12. The number of ether oxygens (including phenoxy) is 1. The fourth-order valence-corrected chi connectivity index (χ4v) is 3.63. The maximum Gasteiger partial charge on any atom is 0.265 e. The number of anilines is 1. The van der Waals surface area contributed by atoms with Crippen LogP contribution in [0.25, 0.3) is 0 Å². The van der Waals surface area contributed by atoms with Crippen LogP contribution in [0, 0.1) is 0 Å². The van der Waals surface area contributed by atoms with Gasteiger partial charge < -0.3 is 20.7 Å². The number of nitrogens with one attached hydrogen (secondary N) is 1. The van der Waals surface area contributed by atoms with Gasteiger partial charge in [0.05, 0.1) is 12.2 Å². The molecule has 2 aliphatic rings. The van der Waals surface area contributed by atoms with Crippen molar-refractivity contribution >= 4 is 41.5 Å². The summed E-state index contributed by atoms with van der Waals surface area (Å²) in [5.74, 6) is 1.24. The van der Waals surface area contributed by atoms with Crippen LogP contribution in [0.4, 0.5) is 5.69 Å². The third-order valence-electron chi connectivity index (χ3n) is 5.05. The third kappa shape index (κ3) is 5.71. The highest BCUT2D eigenvalue weighted by Gasteiger charge is 2.24. The number of carbonyl (C=O) groups is 1. The van der Waals surface area contributed by atoms with Crippen molar-refractivity contribution in [2.75, 3.05) is 44.2 Å². The van der Waals surface area contributed by atoms with Crippen molar-refractivity contribution in [1.82, 2.24) is 10.2 Å². The van der Waals surface area contributed by atoms with E-state index in [1.807, 2.05) is 24.3 Å². The minimum atomic E-state index is -0.00812. The van der Waals surface area contributed by atoms with Crippen molar-refractivity contribution in [3.8, 4) is 5.75 Å². The van der Waals surface area contributed by atoms with Gasteiger partial charge in [-0.05, 0) is 44.5 Å². The van der Waals surface area contributed by atoms with Crippen molar-refractivity contribution in [2.45, 2.75) is 32.2 Å². The van der Waals surface area contributed by atoms with Gasteiger partial charge in [0.15, 0.2) is 12.6 Å². The smallest absolute Gasteiger partial charge is 0.265 e. The molecule has 0 saturated carbocycles. The molecular formula is C19H30IN5O2. The highest BCUT2D eigenvalue weighted by Crippen LogP contribution is 2.31. The number of benzene rings is 1. The maximum atomic E-state index is 12.1. The van der Waals surface area contributed by atoms with Crippen LogP contribution in [-0.4, -0.2) is 62.1 Å². The topological polar surface area (TPSA) is 83.2 Å². The Balaban J connectivity index is 0.00000261. The van der Waals surface area contributed by atoms with Gasteiger partial charge in [0.25, 0.3) is 5.91 Å². The van der Waals surface area contributed by atoms with E-state index in [2.05, 4.69) is 22.1 Å². The molecule has 1 saturated heterocycles. The van der Waals surface area contributed by atoms with Crippen molar-refractivity contribution in [3.05, 3.63) is 24.3 Å². The lowest BCUT2D eigenvalue weighted by Gasteiger charge is -2.29. The van der Waals surface area contributed by atoms with Crippen molar-refractivity contribution in [2.24, 2.45) is 10.7 Å². The van der Waals surface area contributed by atoms with Gasteiger partial charge in [0.1, 0.15) is 5.75 Å². The number of carbonyl (C=O) groups excluding carboxylic acids is 1. The highest BCUT2D eigenvalue weighted by atomic mass is 127. The van der Waals surface area contributed by atoms with Gasteiger partial charge in [-0.3, -0.25) is 14.7 Å². The second-order valence-corrected chi connectivity index (χ2v) is 6.73. The zero-order chi connectivity index (χ0) is 18.4. The number of fused-ring (bicyclic) bond motifs is 1. The molecule has 0 spiro atoms. The normalized spacial score (nSPS) is 20.0. The quantitative estimate of drug-likeness (QED) is 0.265. The Hall–Kier alpha value is -1.55. The molecule has 1 aromatic carbocycles.